The van der Waals surface area contributed by atoms with E-state index in [4.69, 9.17) is 0 Å². The van der Waals surface area contributed by atoms with Gasteiger partial charge in [-0.15, -0.1) is 11.8 Å². The van der Waals surface area contributed by atoms with Gasteiger partial charge in [-0.3, -0.25) is 9.59 Å². The summed E-state index contributed by atoms with van der Waals surface area (Å²) in [6.45, 7) is 3.01. The molecule has 1 fully saturated rings. The maximum Gasteiger partial charge on any atom is 0.416 e. The molecule has 0 bridgehead atoms. The third-order valence-corrected chi connectivity index (χ3v) is 7.47. The van der Waals surface area contributed by atoms with Crippen LogP contribution in [0.3, 0.4) is 0 Å². The lowest BCUT2D eigenvalue weighted by molar-refractivity contribution is -0.147. The van der Waals surface area contributed by atoms with E-state index in [1.165, 1.54) is 30.0 Å². The van der Waals surface area contributed by atoms with Crippen LogP contribution in [0.2, 0.25) is 0 Å². The smallest absolute Gasteiger partial charge is 0.416 e. The second-order valence-corrected chi connectivity index (χ2v) is 10.7. The summed E-state index contributed by atoms with van der Waals surface area (Å²) in [5.74, 6) is -1.51. The van der Waals surface area contributed by atoms with Crippen LogP contribution >= 0.6 is 11.8 Å². The molecule has 37 heavy (non-hydrogen) atoms. The number of benzene rings is 2. The van der Waals surface area contributed by atoms with E-state index in [2.05, 4.69) is 10.6 Å². The zero-order valence-electron chi connectivity index (χ0n) is 20.2. The van der Waals surface area contributed by atoms with Crippen LogP contribution in [0.4, 0.5) is 18.0 Å². The summed E-state index contributed by atoms with van der Waals surface area (Å²) in [6, 6.07) is 11.2. The molecule has 1 aliphatic rings. The number of aliphatic hydroxyl groups excluding tert-OH is 1. The number of hydrogen-bond donors (Lipinski definition) is 4. The van der Waals surface area contributed by atoms with E-state index in [0.29, 0.717) is 5.56 Å². The Morgan fingerprint density at radius 3 is 2.35 bits per heavy atom. The Morgan fingerprint density at radius 2 is 1.73 bits per heavy atom. The van der Waals surface area contributed by atoms with Crippen molar-refractivity contribution in [2.45, 2.75) is 55.9 Å². The molecule has 2 aromatic carbocycles. The molecule has 0 spiro atoms. The maximum atomic E-state index is 13.3. The molecule has 1 saturated heterocycles. The number of aliphatic hydroxyl groups is 1. The van der Waals surface area contributed by atoms with Gasteiger partial charge in [0.2, 0.25) is 5.91 Å². The van der Waals surface area contributed by atoms with Crippen molar-refractivity contribution in [3.05, 3.63) is 71.3 Å². The minimum atomic E-state index is -4.60. The van der Waals surface area contributed by atoms with Gasteiger partial charge >= 0.3 is 12.3 Å². The second kappa shape index (κ2) is 11.4. The first kappa shape index (κ1) is 28.3. The highest BCUT2D eigenvalue weighted by atomic mass is 32.2. The molecule has 1 heterocycles. The predicted octanol–water partition coefficient (Wildman–Crippen LogP) is 3.24. The van der Waals surface area contributed by atoms with Gasteiger partial charge < -0.3 is 25.7 Å². The first-order valence-corrected chi connectivity index (χ1v) is 12.4. The number of nitrogens with one attached hydrogen (secondary N) is 2. The van der Waals surface area contributed by atoms with E-state index in [-0.39, 0.29) is 17.9 Å². The Morgan fingerprint density at radius 1 is 1.11 bits per heavy atom. The van der Waals surface area contributed by atoms with E-state index in [1.54, 1.807) is 44.2 Å². The van der Waals surface area contributed by atoms with Gasteiger partial charge in [0.05, 0.1) is 17.5 Å². The first-order valence-electron chi connectivity index (χ1n) is 11.4. The van der Waals surface area contributed by atoms with Crippen LogP contribution in [0.25, 0.3) is 0 Å². The number of halogens is 3. The van der Waals surface area contributed by atoms with Gasteiger partial charge in [-0.05, 0) is 37.5 Å². The summed E-state index contributed by atoms with van der Waals surface area (Å²) in [7, 11) is 0. The normalized spacial score (nSPS) is 18.6. The Balaban J connectivity index is 1.78. The molecule has 1 aliphatic heterocycles. The number of carboxylic acid groups (broad SMARTS) is 1. The van der Waals surface area contributed by atoms with E-state index >= 15 is 0 Å². The molecule has 1 unspecified atom stereocenters. The molecule has 0 aliphatic carbocycles. The molecule has 200 valence electrons. The zero-order valence-corrected chi connectivity index (χ0v) is 21.0. The van der Waals surface area contributed by atoms with Crippen molar-refractivity contribution < 1.29 is 37.8 Å². The third-order valence-electron chi connectivity index (χ3n) is 6.09. The summed E-state index contributed by atoms with van der Waals surface area (Å²) in [6.07, 6.45) is -7.80. The lowest BCUT2D eigenvalue weighted by atomic mass is 9.97. The van der Waals surface area contributed by atoms with Crippen LogP contribution in [-0.4, -0.2) is 61.8 Å². The van der Waals surface area contributed by atoms with Crippen molar-refractivity contribution in [1.82, 2.24) is 15.5 Å². The molecule has 3 rings (SSSR count). The van der Waals surface area contributed by atoms with Gasteiger partial charge in [0.1, 0.15) is 6.04 Å². The maximum absolute atomic E-state index is 13.3. The minimum absolute atomic E-state index is 0.0233. The van der Waals surface area contributed by atoms with Crippen molar-refractivity contribution in [2.75, 3.05) is 5.88 Å². The number of alkyl halides is 3. The molecule has 0 radical (unpaired) electrons. The Bertz CT molecular complexity index is 1130. The van der Waals surface area contributed by atoms with Crippen LogP contribution in [-0.2, 0) is 28.7 Å². The molecule has 4 N–H and O–H groups in total. The van der Waals surface area contributed by atoms with Gasteiger partial charge in [-0.25, -0.2) is 4.79 Å². The van der Waals surface area contributed by atoms with Crippen molar-refractivity contribution >= 4 is 29.7 Å². The number of rotatable bonds is 8. The molecular weight excluding hydrogens is 511 g/mol. The first-order chi connectivity index (χ1) is 17.3. The average Bonchev–Trinajstić information content (AvgIpc) is 3.16. The molecule has 3 amide bonds. The largest absolute Gasteiger partial charge is 0.465 e. The average molecular weight is 540 g/mol. The number of thioether (sulfide) groups is 1. The number of carbonyl (C=O) groups excluding carboxylic acids is 2. The van der Waals surface area contributed by atoms with Crippen LogP contribution in [0.5, 0.6) is 0 Å². The SMILES string of the molecule is CC1(C)SCN(C(=O)[C@@H](O)[C@H](Cc2ccccc2)NC(=O)O)C1C(=O)NCc1ccccc1C(F)(F)F. The van der Waals surface area contributed by atoms with E-state index in [1.807, 2.05) is 0 Å². The van der Waals surface area contributed by atoms with E-state index < -0.39 is 59.1 Å². The van der Waals surface area contributed by atoms with Gasteiger partial charge in [-0.1, -0.05) is 48.5 Å². The van der Waals surface area contributed by atoms with Crippen LogP contribution in [0, 0.1) is 0 Å². The summed E-state index contributed by atoms with van der Waals surface area (Å²) in [5, 5.41) is 24.8. The van der Waals surface area contributed by atoms with Crippen molar-refractivity contribution in [3.8, 4) is 0 Å². The van der Waals surface area contributed by atoms with Gasteiger partial charge in [0.15, 0.2) is 6.10 Å². The fourth-order valence-electron chi connectivity index (χ4n) is 4.25. The monoisotopic (exact) mass is 539 g/mol. The second-order valence-electron chi connectivity index (χ2n) is 9.15. The Labute approximate surface area is 216 Å². The zero-order chi connectivity index (χ0) is 27.4. The van der Waals surface area contributed by atoms with Crippen LogP contribution in [0.1, 0.15) is 30.5 Å². The van der Waals surface area contributed by atoms with E-state index in [0.717, 1.165) is 11.0 Å². The fourth-order valence-corrected chi connectivity index (χ4v) is 5.39. The summed E-state index contributed by atoms with van der Waals surface area (Å²) in [5.41, 5.74) is -0.317. The molecule has 12 heteroatoms. The number of amides is 3. The minimum Gasteiger partial charge on any atom is -0.465 e. The highest BCUT2D eigenvalue weighted by molar-refractivity contribution is 8.00. The highest BCUT2D eigenvalue weighted by Gasteiger charge is 2.49. The van der Waals surface area contributed by atoms with Crippen LogP contribution < -0.4 is 10.6 Å². The summed E-state index contributed by atoms with van der Waals surface area (Å²) >= 11 is 1.26. The number of nitrogens with zero attached hydrogens (tertiary/aromatic N) is 1. The third kappa shape index (κ3) is 6.95. The summed E-state index contributed by atoms with van der Waals surface area (Å²) in [4.78, 5) is 39.0. The molecule has 0 saturated carbocycles. The number of hydrogen-bond acceptors (Lipinski definition) is 5. The quantitative estimate of drug-likeness (QED) is 0.409. The fraction of sp³-hybridized carbons (Fsp3) is 0.400. The van der Waals surface area contributed by atoms with Gasteiger partial charge in [0, 0.05) is 11.3 Å². The number of carbonyl (C=O) groups is 3. The topological polar surface area (TPSA) is 119 Å². The van der Waals surface area contributed by atoms with Crippen LogP contribution in [0.15, 0.2) is 54.6 Å². The Hall–Kier alpha value is -3.25. The lowest BCUT2D eigenvalue weighted by Gasteiger charge is -2.33. The van der Waals surface area contributed by atoms with E-state index in [9.17, 15) is 37.8 Å². The predicted molar refractivity (Wildman–Crippen MR) is 132 cm³/mol. The Kier molecular flexibility index (Phi) is 8.75. The molecule has 8 nitrogen and oxygen atoms in total. The molecule has 2 aromatic rings. The lowest BCUT2D eigenvalue weighted by Crippen LogP contribution is -2.58. The highest BCUT2D eigenvalue weighted by Crippen LogP contribution is 2.40. The van der Waals surface area contributed by atoms with Gasteiger partial charge in [0.25, 0.3) is 5.91 Å². The van der Waals surface area contributed by atoms with Crippen molar-refractivity contribution in [2.24, 2.45) is 0 Å². The van der Waals surface area contributed by atoms with Crippen molar-refractivity contribution in [1.29, 1.82) is 0 Å². The molecular formula is C25H28F3N3O5S. The molecule has 3 atom stereocenters. The van der Waals surface area contributed by atoms with Crippen molar-refractivity contribution in [3.63, 3.8) is 0 Å². The standard InChI is InChI=1S/C25H28F3N3O5S/c1-24(2)20(21(33)29-13-16-10-6-7-11-17(16)25(26,27)28)31(14-37-24)22(34)19(32)18(30-23(35)36)12-15-8-4-3-5-9-15/h3-11,18-20,30,32H,12-14H2,1-2H3,(H,29,33)(H,35,36)/t18-,19-,20?/m0/s1. The molecule has 0 aromatic heterocycles. The van der Waals surface area contributed by atoms with Gasteiger partial charge in [-0.2, -0.15) is 13.2 Å². The summed E-state index contributed by atoms with van der Waals surface area (Å²) < 4.78 is 39.2.